The van der Waals surface area contributed by atoms with Crippen molar-refractivity contribution in [3.05, 3.63) is 0 Å². The molecular weight excluding hydrogens is 226 g/mol. The van der Waals surface area contributed by atoms with Crippen LogP contribution in [-0.2, 0) is 0 Å². The lowest BCUT2D eigenvalue weighted by molar-refractivity contribution is 0.143. The summed E-state index contributed by atoms with van der Waals surface area (Å²) in [5, 5.41) is 4.54. The van der Waals surface area contributed by atoms with Crippen LogP contribution >= 0.6 is 11.8 Å². The summed E-state index contributed by atoms with van der Waals surface area (Å²) in [6.45, 7) is 11.9. The van der Waals surface area contributed by atoms with Crippen molar-refractivity contribution in [2.75, 3.05) is 5.75 Å². The zero-order valence-corrected chi connectivity index (χ0v) is 13.0. The van der Waals surface area contributed by atoms with Gasteiger partial charge in [-0.2, -0.15) is 0 Å². The summed E-state index contributed by atoms with van der Waals surface area (Å²) in [4.78, 5) is 0. The highest BCUT2D eigenvalue weighted by molar-refractivity contribution is 8.00. The first-order chi connectivity index (χ1) is 7.78. The number of nitrogens with one attached hydrogen (secondary N) is 1. The lowest BCUT2D eigenvalue weighted by atomic mass is 9.70. The molecule has 2 heteroatoms. The third kappa shape index (κ3) is 3.41. The summed E-state index contributed by atoms with van der Waals surface area (Å²) in [5.74, 6) is 3.13. The van der Waals surface area contributed by atoms with Crippen LogP contribution in [0.3, 0.4) is 0 Å². The van der Waals surface area contributed by atoms with E-state index in [4.69, 9.17) is 0 Å². The summed E-state index contributed by atoms with van der Waals surface area (Å²) in [6, 6.07) is 0. The van der Waals surface area contributed by atoms with Gasteiger partial charge in [0.05, 0.1) is 5.37 Å². The van der Waals surface area contributed by atoms with Gasteiger partial charge in [-0.3, -0.25) is 5.32 Å². The predicted molar refractivity (Wildman–Crippen MR) is 78.4 cm³/mol. The van der Waals surface area contributed by atoms with Gasteiger partial charge in [0.1, 0.15) is 0 Å². The molecule has 1 saturated heterocycles. The first-order valence-electron chi connectivity index (χ1n) is 7.17. The Bertz CT molecular complexity index is 259. The molecule has 0 radical (unpaired) electrons. The quantitative estimate of drug-likeness (QED) is 0.750. The van der Waals surface area contributed by atoms with Gasteiger partial charge in [0.15, 0.2) is 0 Å². The maximum Gasteiger partial charge on any atom is 0.0565 e. The van der Waals surface area contributed by atoms with Gasteiger partial charge in [-0.15, -0.1) is 11.8 Å². The molecule has 0 aromatic heterocycles. The van der Waals surface area contributed by atoms with Gasteiger partial charge in [-0.05, 0) is 56.8 Å². The Hall–Kier alpha value is 0.310. The Balaban J connectivity index is 1.84. The van der Waals surface area contributed by atoms with Crippen molar-refractivity contribution in [3.8, 4) is 0 Å². The van der Waals surface area contributed by atoms with E-state index < -0.39 is 0 Å². The topological polar surface area (TPSA) is 12.0 Å². The Morgan fingerprint density at radius 1 is 1.06 bits per heavy atom. The van der Waals surface area contributed by atoms with Crippen molar-refractivity contribution in [3.63, 3.8) is 0 Å². The molecule has 2 fully saturated rings. The fourth-order valence-corrected chi connectivity index (χ4v) is 4.93. The van der Waals surface area contributed by atoms with Crippen LogP contribution in [0, 0.1) is 17.3 Å². The van der Waals surface area contributed by atoms with Gasteiger partial charge in [0, 0.05) is 11.3 Å². The lowest BCUT2D eigenvalue weighted by Crippen LogP contribution is -2.43. The van der Waals surface area contributed by atoms with Gasteiger partial charge in [0.2, 0.25) is 0 Å². The minimum absolute atomic E-state index is 0.357. The molecule has 1 heterocycles. The van der Waals surface area contributed by atoms with Crippen molar-refractivity contribution < 1.29 is 0 Å². The average molecular weight is 255 g/mol. The molecule has 1 aliphatic carbocycles. The maximum atomic E-state index is 3.82. The van der Waals surface area contributed by atoms with Crippen molar-refractivity contribution in [1.29, 1.82) is 0 Å². The molecule has 0 aromatic carbocycles. The molecule has 100 valence electrons. The minimum atomic E-state index is 0.357. The Morgan fingerprint density at radius 3 is 2.06 bits per heavy atom. The Morgan fingerprint density at radius 2 is 1.65 bits per heavy atom. The highest BCUT2D eigenvalue weighted by Gasteiger charge is 2.38. The fraction of sp³-hybridized carbons (Fsp3) is 1.00. The van der Waals surface area contributed by atoms with E-state index in [9.17, 15) is 0 Å². The third-order valence-corrected chi connectivity index (χ3v) is 6.33. The molecular formula is C15H29NS. The molecule has 1 saturated carbocycles. The fourth-order valence-electron chi connectivity index (χ4n) is 3.31. The number of hydrogen-bond acceptors (Lipinski definition) is 2. The molecule has 17 heavy (non-hydrogen) atoms. The van der Waals surface area contributed by atoms with E-state index in [1.165, 1.54) is 31.4 Å². The Kier molecular flexibility index (Phi) is 3.85. The van der Waals surface area contributed by atoms with Gasteiger partial charge in [0.25, 0.3) is 0 Å². The Labute approximate surface area is 112 Å². The van der Waals surface area contributed by atoms with Crippen LogP contribution in [0.25, 0.3) is 0 Å². The van der Waals surface area contributed by atoms with Crippen molar-refractivity contribution in [2.24, 2.45) is 17.3 Å². The van der Waals surface area contributed by atoms with Gasteiger partial charge in [-0.25, -0.2) is 0 Å². The van der Waals surface area contributed by atoms with Crippen LogP contribution in [0.4, 0.5) is 0 Å². The van der Waals surface area contributed by atoms with Crippen LogP contribution in [0.1, 0.15) is 60.3 Å². The molecule has 2 rings (SSSR count). The molecule has 1 unspecified atom stereocenters. The monoisotopic (exact) mass is 255 g/mol. The molecule has 0 aromatic rings. The normalized spacial score (nSPS) is 38.3. The van der Waals surface area contributed by atoms with Crippen molar-refractivity contribution in [2.45, 2.75) is 71.2 Å². The molecule has 0 bridgehead atoms. The molecule has 1 aliphatic heterocycles. The van der Waals surface area contributed by atoms with E-state index in [2.05, 4.69) is 51.7 Å². The standard InChI is InChI=1S/C15H29NS/c1-14(2,3)12-8-6-11(7-9-12)13-16-15(4,5)10-17-13/h11-13,16H,6-10H2,1-5H3. The second-order valence-electron chi connectivity index (χ2n) is 7.74. The number of hydrogen-bond donors (Lipinski definition) is 1. The van der Waals surface area contributed by atoms with Crippen molar-refractivity contribution >= 4 is 11.8 Å². The van der Waals surface area contributed by atoms with Gasteiger partial charge in [-0.1, -0.05) is 20.8 Å². The number of rotatable bonds is 1. The zero-order chi connectivity index (χ0) is 12.7. The van der Waals surface area contributed by atoms with Crippen LogP contribution in [0.15, 0.2) is 0 Å². The first-order valence-corrected chi connectivity index (χ1v) is 8.22. The van der Waals surface area contributed by atoms with E-state index in [1.807, 2.05) is 0 Å². The lowest BCUT2D eigenvalue weighted by Gasteiger charge is -2.39. The summed E-state index contributed by atoms with van der Waals surface area (Å²) in [5.41, 5.74) is 0.872. The summed E-state index contributed by atoms with van der Waals surface area (Å²) < 4.78 is 0. The highest BCUT2D eigenvalue weighted by atomic mass is 32.2. The van der Waals surface area contributed by atoms with Crippen LogP contribution in [0.2, 0.25) is 0 Å². The van der Waals surface area contributed by atoms with Gasteiger partial charge >= 0.3 is 0 Å². The second kappa shape index (κ2) is 4.77. The van der Waals surface area contributed by atoms with E-state index >= 15 is 0 Å². The summed E-state index contributed by atoms with van der Waals surface area (Å²) in [6.07, 6.45) is 5.74. The molecule has 0 amide bonds. The highest BCUT2D eigenvalue weighted by Crippen LogP contribution is 2.44. The second-order valence-corrected chi connectivity index (χ2v) is 8.87. The third-order valence-electron chi connectivity index (χ3n) is 4.58. The van der Waals surface area contributed by atoms with Crippen LogP contribution < -0.4 is 5.32 Å². The van der Waals surface area contributed by atoms with Crippen LogP contribution in [0.5, 0.6) is 0 Å². The molecule has 1 N–H and O–H groups in total. The number of thioether (sulfide) groups is 1. The molecule has 1 nitrogen and oxygen atoms in total. The zero-order valence-electron chi connectivity index (χ0n) is 12.2. The average Bonchev–Trinajstić information content (AvgIpc) is 2.58. The predicted octanol–water partition coefficient (Wildman–Crippen LogP) is 4.28. The molecule has 2 aliphatic rings. The molecule has 1 atom stereocenters. The van der Waals surface area contributed by atoms with Crippen LogP contribution in [-0.4, -0.2) is 16.7 Å². The largest absolute Gasteiger partial charge is 0.299 e. The SMILES string of the molecule is CC1(C)CSC(C2CCC(C(C)(C)C)CC2)N1. The van der Waals surface area contributed by atoms with E-state index in [0.717, 1.165) is 17.2 Å². The maximum absolute atomic E-state index is 3.82. The van der Waals surface area contributed by atoms with E-state index in [1.54, 1.807) is 0 Å². The minimum Gasteiger partial charge on any atom is -0.299 e. The summed E-state index contributed by atoms with van der Waals surface area (Å²) in [7, 11) is 0. The smallest absolute Gasteiger partial charge is 0.0565 e. The summed E-state index contributed by atoms with van der Waals surface area (Å²) >= 11 is 2.15. The molecule has 0 spiro atoms. The van der Waals surface area contributed by atoms with E-state index in [-0.39, 0.29) is 0 Å². The first kappa shape index (κ1) is 13.7. The van der Waals surface area contributed by atoms with E-state index in [0.29, 0.717) is 11.0 Å². The van der Waals surface area contributed by atoms with Crippen molar-refractivity contribution in [1.82, 2.24) is 5.32 Å². The van der Waals surface area contributed by atoms with Gasteiger partial charge < -0.3 is 0 Å².